The zero-order chi connectivity index (χ0) is 33.4. The summed E-state index contributed by atoms with van der Waals surface area (Å²) in [6, 6.07) is 39.4. The lowest BCUT2D eigenvalue weighted by atomic mass is 9.82. The molecule has 0 radical (unpaired) electrons. The van der Waals surface area contributed by atoms with Crippen LogP contribution in [-0.2, 0) is 54.9 Å². The normalized spacial score (nSPS) is 22.4. The Morgan fingerprint density at radius 2 is 1.06 bits per heavy atom. The quantitative estimate of drug-likeness (QED) is 0.103. The Morgan fingerprint density at radius 1 is 0.604 bits per heavy atom. The molecule has 0 amide bonds. The van der Waals surface area contributed by atoms with Crippen LogP contribution < -0.4 is 0 Å². The highest BCUT2D eigenvalue weighted by Gasteiger charge is 2.56. The Kier molecular flexibility index (Phi) is 13.7. The first kappa shape index (κ1) is 35.4. The van der Waals surface area contributed by atoms with Crippen LogP contribution in [0.2, 0.25) is 0 Å². The molecule has 5 atom stereocenters. The van der Waals surface area contributed by atoms with Crippen molar-refractivity contribution >= 4 is 5.97 Å². The number of aliphatic hydroxyl groups excluding tert-OH is 1. The van der Waals surface area contributed by atoms with Gasteiger partial charge in [0.15, 0.2) is 6.29 Å². The van der Waals surface area contributed by atoms with Crippen molar-refractivity contribution in [1.29, 1.82) is 0 Å². The molecule has 0 spiro atoms. The molecule has 0 bridgehead atoms. The van der Waals surface area contributed by atoms with Crippen LogP contribution in [0.3, 0.4) is 0 Å². The van der Waals surface area contributed by atoms with E-state index in [1.165, 1.54) is 0 Å². The zero-order valence-corrected chi connectivity index (χ0v) is 27.3. The Balaban J connectivity index is 1.47. The number of carbonyl (C=O) groups is 1. The molecule has 1 heterocycles. The molecule has 0 aromatic heterocycles. The van der Waals surface area contributed by atoms with Gasteiger partial charge in [-0.3, -0.25) is 4.79 Å². The van der Waals surface area contributed by atoms with Gasteiger partial charge in [-0.05, 0) is 35.1 Å². The summed E-state index contributed by atoms with van der Waals surface area (Å²) in [4.78, 5) is 11.2. The van der Waals surface area contributed by atoms with Crippen molar-refractivity contribution in [3.8, 4) is 0 Å². The van der Waals surface area contributed by atoms with E-state index in [0.717, 1.165) is 22.3 Å². The second-order valence-corrected chi connectivity index (χ2v) is 12.2. The Morgan fingerprint density at radius 3 is 1.56 bits per heavy atom. The first-order chi connectivity index (χ1) is 23.5. The molecule has 2 N–H and O–H groups in total. The van der Waals surface area contributed by atoms with Gasteiger partial charge in [-0.15, -0.1) is 0 Å². The summed E-state index contributed by atoms with van der Waals surface area (Å²) in [6.45, 7) is 1.26. The van der Waals surface area contributed by atoms with Gasteiger partial charge in [-0.2, -0.15) is 0 Å². The Bertz CT molecular complexity index is 1470. The zero-order valence-electron chi connectivity index (χ0n) is 27.3. The smallest absolute Gasteiger partial charge is 0.303 e. The van der Waals surface area contributed by atoms with E-state index in [1.54, 1.807) is 0 Å². The van der Waals surface area contributed by atoms with Gasteiger partial charge in [0, 0.05) is 6.42 Å². The molecular weight excluding hydrogens is 608 g/mol. The first-order valence-electron chi connectivity index (χ1n) is 16.7. The van der Waals surface area contributed by atoms with Crippen molar-refractivity contribution in [2.75, 3.05) is 6.61 Å². The number of aliphatic carboxylic acids is 1. The molecule has 8 nitrogen and oxygen atoms in total. The standard InChI is InChI=1S/C40H46O8/c41-35(42)24-14-5-15-25-40(30-44-26-31-16-6-1-7-17-31)38(47-29-34-22-12-4-13-23-34)36(45-27-32-18-8-2-9-19-32)37(39(43)48-40)46-28-33-20-10-3-11-21-33/h1-4,6-13,16-23,36-39,43H,5,14-15,24-30H2,(H,41,42)/t36-,37+,38+,39?,40-/m1/s1. The van der Waals surface area contributed by atoms with E-state index >= 15 is 0 Å². The summed E-state index contributed by atoms with van der Waals surface area (Å²) in [7, 11) is 0. The average molecular weight is 655 g/mol. The molecule has 48 heavy (non-hydrogen) atoms. The van der Waals surface area contributed by atoms with Gasteiger partial charge >= 0.3 is 5.97 Å². The van der Waals surface area contributed by atoms with E-state index in [9.17, 15) is 15.0 Å². The molecule has 0 saturated carbocycles. The number of hydrogen-bond donors (Lipinski definition) is 2. The minimum absolute atomic E-state index is 0.0904. The fourth-order valence-corrected chi connectivity index (χ4v) is 6.09. The number of rotatable bonds is 19. The maximum atomic E-state index is 11.7. The predicted octanol–water partition coefficient (Wildman–Crippen LogP) is 7.08. The molecule has 1 fully saturated rings. The predicted molar refractivity (Wildman–Crippen MR) is 182 cm³/mol. The van der Waals surface area contributed by atoms with E-state index in [-0.39, 0.29) is 32.8 Å². The van der Waals surface area contributed by atoms with Crippen LogP contribution >= 0.6 is 0 Å². The van der Waals surface area contributed by atoms with Gasteiger partial charge in [-0.25, -0.2) is 0 Å². The van der Waals surface area contributed by atoms with Crippen LogP contribution in [0, 0.1) is 0 Å². The average Bonchev–Trinajstić information content (AvgIpc) is 3.11. The fourth-order valence-electron chi connectivity index (χ4n) is 6.09. The molecule has 5 rings (SSSR count). The first-order valence-corrected chi connectivity index (χ1v) is 16.7. The molecule has 1 unspecified atom stereocenters. The van der Waals surface area contributed by atoms with Crippen molar-refractivity contribution in [1.82, 2.24) is 0 Å². The van der Waals surface area contributed by atoms with Crippen molar-refractivity contribution < 1.29 is 38.7 Å². The maximum absolute atomic E-state index is 11.7. The SMILES string of the molecule is O=C(O)CCCCC[C@]1(COCc2ccccc2)OC(O)[C@@H](OCc2ccccc2)[C@@H](OCc2ccccc2)[C@@H]1OCc1ccccc1. The lowest BCUT2D eigenvalue weighted by Gasteiger charge is -2.51. The summed E-state index contributed by atoms with van der Waals surface area (Å²) in [6.07, 6.45) is -1.27. The van der Waals surface area contributed by atoms with Gasteiger partial charge in [0.25, 0.3) is 0 Å². The Hall–Kier alpha value is -3.89. The monoisotopic (exact) mass is 654 g/mol. The third-order valence-electron chi connectivity index (χ3n) is 8.57. The molecule has 0 aliphatic carbocycles. The van der Waals surface area contributed by atoms with Crippen LogP contribution in [0.4, 0.5) is 0 Å². The topological polar surface area (TPSA) is 104 Å². The van der Waals surface area contributed by atoms with Crippen LogP contribution in [0.15, 0.2) is 121 Å². The van der Waals surface area contributed by atoms with Crippen molar-refractivity contribution in [3.05, 3.63) is 144 Å². The molecule has 1 aliphatic rings. The van der Waals surface area contributed by atoms with Gasteiger partial charge < -0.3 is 33.9 Å². The van der Waals surface area contributed by atoms with Gasteiger partial charge in [0.1, 0.15) is 23.9 Å². The summed E-state index contributed by atoms with van der Waals surface area (Å²) < 4.78 is 32.9. The molecule has 4 aromatic carbocycles. The van der Waals surface area contributed by atoms with Crippen LogP contribution in [-0.4, -0.2) is 53.0 Å². The number of aliphatic hydroxyl groups is 1. The summed E-state index contributed by atoms with van der Waals surface area (Å²) in [5, 5.41) is 20.9. The molecule has 1 saturated heterocycles. The lowest BCUT2D eigenvalue weighted by molar-refractivity contribution is -0.354. The fraction of sp³-hybridized carbons (Fsp3) is 0.375. The van der Waals surface area contributed by atoms with Crippen LogP contribution in [0.25, 0.3) is 0 Å². The molecule has 254 valence electrons. The highest BCUT2D eigenvalue weighted by atomic mass is 16.7. The van der Waals surface area contributed by atoms with Crippen LogP contribution in [0.1, 0.15) is 54.4 Å². The number of carboxylic acid groups (broad SMARTS) is 1. The minimum atomic E-state index is -1.34. The van der Waals surface area contributed by atoms with E-state index < -0.39 is 36.2 Å². The van der Waals surface area contributed by atoms with E-state index in [4.69, 9.17) is 23.7 Å². The molecule has 8 heteroatoms. The van der Waals surface area contributed by atoms with Gasteiger partial charge in [-0.1, -0.05) is 134 Å². The third kappa shape index (κ3) is 10.6. The van der Waals surface area contributed by atoms with Crippen molar-refractivity contribution in [2.45, 2.75) is 88.7 Å². The number of carboxylic acids is 1. The molecule has 4 aromatic rings. The second kappa shape index (κ2) is 18.6. The van der Waals surface area contributed by atoms with E-state index in [1.807, 2.05) is 121 Å². The number of hydrogen-bond acceptors (Lipinski definition) is 7. The highest BCUT2D eigenvalue weighted by molar-refractivity contribution is 5.66. The van der Waals surface area contributed by atoms with Crippen molar-refractivity contribution in [2.24, 2.45) is 0 Å². The minimum Gasteiger partial charge on any atom is -0.481 e. The Labute approximate surface area is 283 Å². The van der Waals surface area contributed by atoms with Crippen LogP contribution in [0.5, 0.6) is 0 Å². The van der Waals surface area contributed by atoms with Crippen molar-refractivity contribution in [3.63, 3.8) is 0 Å². The number of unbranched alkanes of at least 4 members (excludes halogenated alkanes) is 2. The van der Waals surface area contributed by atoms with E-state index in [2.05, 4.69) is 0 Å². The number of ether oxygens (including phenoxy) is 5. The summed E-state index contributed by atoms with van der Waals surface area (Å²) in [5.74, 6) is -0.822. The molecular formula is C40H46O8. The molecule has 1 aliphatic heterocycles. The largest absolute Gasteiger partial charge is 0.481 e. The van der Waals surface area contributed by atoms with Gasteiger partial charge in [0.05, 0.1) is 33.0 Å². The lowest BCUT2D eigenvalue weighted by Crippen LogP contribution is -2.67. The summed E-state index contributed by atoms with van der Waals surface area (Å²) in [5.41, 5.74) is 2.79. The third-order valence-corrected chi connectivity index (χ3v) is 8.57. The number of benzene rings is 4. The van der Waals surface area contributed by atoms with E-state index in [0.29, 0.717) is 32.3 Å². The van der Waals surface area contributed by atoms with Gasteiger partial charge in [0.2, 0.25) is 0 Å². The summed E-state index contributed by atoms with van der Waals surface area (Å²) >= 11 is 0. The highest BCUT2D eigenvalue weighted by Crippen LogP contribution is 2.40. The maximum Gasteiger partial charge on any atom is 0.303 e. The second-order valence-electron chi connectivity index (χ2n) is 12.2.